The average molecular weight is 232 g/mol. The molecule has 3 N–H and O–H groups in total. The first-order valence-corrected chi connectivity index (χ1v) is 5.76. The molecular formula is C13H16N2O2. The highest BCUT2D eigenvalue weighted by molar-refractivity contribution is 5.94. The number of H-pyrrole nitrogens is 1. The average Bonchev–Trinajstić information content (AvgIpc) is 2.78. The minimum Gasteiger partial charge on any atom is -0.496 e. The third kappa shape index (κ3) is 1.34. The van der Waals surface area contributed by atoms with E-state index in [1.807, 2.05) is 12.3 Å². The summed E-state index contributed by atoms with van der Waals surface area (Å²) in [7, 11) is 3.34. The van der Waals surface area contributed by atoms with Crippen LogP contribution >= 0.6 is 0 Å². The van der Waals surface area contributed by atoms with Gasteiger partial charge in [0.1, 0.15) is 11.5 Å². The summed E-state index contributed by atoms with van der Waals surface area (Å²) in [5, 5.41) is 1.18. The van der Waals surface area contributed by atoms with Crippen molar-refractivity contribution in [1.82, 2.24) is 4.98 Å². The first-order valence-electron chi connectivity index (χ1n) is 5.76. The molecule has 1 aromatic heterocycles. The van der Waals surface area contributed by atoms with Crippen LogP contribution in [-0.4, -0.2) is 19.2 Å². The van der Waals surface area contributed by atoms with Crippen molar-refractivity contribution >= 4 is 10.9 Å². The fourth-order valence-corrected chi connectivity index (χ4v) is 2.71. The van der Waals surface area contributed by atoms with E-state index in [0.29, 0.717) is 0 Å². The Morgan fingerprint density at radius 2 is 2.06 bits per heavy atom. The van der Waals surface area contributed by atoms with Gasteiger partial charge >= 0.3 is 0 Å². The minimum atomic E-state index is 0.0432. The van der Waals surface area contributed by atoms with Gasteiger partial charge in [0.25, 0.3) is 0 Å². The fraction of sp³-hybridized carbons (Fsp3) is 0.385. The molecule has 3 rings (SSSR count). The molecule has 1 unspecified atom stereocenters. The van der Waals surface area contributed by atoms with Crippen molar-refractivity contribution < 1.29 is 9.47 Å². The van der Waals surface area contributed by atoms with Crippen molar-refractivity contribution in [3.05, 3.63) is 23.4 Å². The molecule has 90 valence electrons. The lowest BCUT2D eigenvalue weighted by Gasteiger charge is -2.22. The zero-order chi connectivity index (χ0) is 12.0. The van der Waals surface area contributed by atoms with Crippen LogP contribution in [0.3, 0.4) is 0 Å². The van der Waals surface area contributed by atoms with Gasteiger partial charge in [0.05, 0.1) is 19.7 Å². The molecule has 1 aromatic carbocycles. The van der Waals surface area contributed by atoms with Crippen LogP contribution in [0, 0.1) is 0 Å². The Hall–Kier alpha value is -1.68. The molecule has 0 saturated heterocycles. The maximum atomic E-state index is 6.20. The summed E-state index contributed by atoms with van der Waals surface area (Å²) in [6, 6.07) is 1.95. The fourth-order valence-electron chi connectivity index (χ4n) is 2.71. The van der Waals surface area contributed by atoms with Crippen molar-refractivity contribution in [2.24, 2.45) is 5.73 Å². The number of nitrogens with two attached hydrogens (primary N) is 1. The Kier molecular flexibility index (Phi) is 2.26. The Labute approximate surface area is 99.7 Å². The van der Waals surface area contributed by atoms with Crippen molar-refractivity contribution in [3.63, 3.8) is 0 Å². The third-order valence-corrected chi connectivity index (χ3v) is 3.54. The largest absolute Gasteiger partial charge is 0.496 e. The smallest absolute Gasteiger partial charge is 0.146 e. The Morgan fingerprint density at radius 1 is 1.29 bits per heavy atom. The number of rotatable bonds is 2. The lowest BCUT2D eigenvalue weighted by molar-refractivity contribution is 0.390. The zero-order valence-corrected chi connectivity index (χ0v) is 10.0. The van der Waals surface area contributed by atoms with Crippen LogP contribution in [0.4, 0.5) is 0 Å². The summed E-state index contributed by atoms with van der Waals surface area (Å²) < 4.78 is 10.8. The summed E-state index contributed by atoms with van der Waals surface area (Å²) in [5.74, 6) is 1.63. The maximum Gasteiger partial charge on any atom is 0.146 e. The number of aromatic nitrogens is 1. The lowest BCUT2D eigenvalue weighted by Crippen LogP contribution is -2.16. The number of aromatic amines is 1. The highest BCUT2D eigenvalue weighted by Gasteiger charge is 2.25. The highest BCUT2D eigenvalue weighted by Crippen LogP contribution is 2.43. The summed E-state index contributed by atoms with van der Waals surface area (Å²) in [4.78, 5) is 3.28. The molecule has 0 radical (unpaired) electrons. The van der Waals surface area contributed by atoms with E-state index >= 15 is 0 Å². The minimum absolute atomic E-state index is 0.0432. The van der Waals surface area contributed by atoms with E-state index in [1.165, 1.54) is 10.9 Å². The molecule has 0 bridgehead atoms. The van der Waals surface area contributed by atoms with Crippen molar-refractivity contribution in [1.29, 1.82) is 0 Å². The van der Waals surface area contributed by atoms with Crippen LogP contribution in [0.2, 0.25) is 0 Å². The Balaban J connectivity index is 2.42. The number of nitrogens with one attached hydrogen (secondary N) is 1. The third-order valence-electron chi connectivity index (χ3n) is 3.54. The normalized spacial score (nSPS) is 18.4. The number of aryl methyl sites for hydroxylation is 1. The van der Waals surface area contributed by atoms with Gasteiger partial charge in [0.15, 0.2) is 0 Å². The second kappa shape index (κ2) is 3.67. The molecule has 1 aliphatic rings. The van der Waals surface area contributed by atoms with Gasteiger partial charge in [0, 0.05) is 29.3 Å². The summed E-state index contributed by atoms with van der Waals surface area (Å²) in [6.45, 7) is 0. The zero-order valence-electron chi connectivity index (χ0n) is 10.0. The molecule has 1 aliphatic carbocycles. The molecule has 4 nitrogen and oxygen atoms in total. The number of benzene rings is 1. The molecule has 0 fully saturated rings. The van der Waals surface area contributed by atoms with Crippen LogP contribution < -0.4 is 15.2 Å². The van der Waals surface area contributed by atoms with E-state index in [0.717, 1.165) is 35.4 Å². The van der Waals surface area contributed by atoms with Crippen LogP contribution in [0.5, 0.6) is 11.5 Å². The molecule has 2 aromatic rings. The Bertz CT molecular complexity index is 574. The molecular weight excluding hydrogens is 216 g/mol. The highest BCUT2D eigenvalue weighted by atomic mass is 16.5. The van der Waals surface area contributed by atoms with Gasteiger partial charge < -0.3 is 20.2 Å². The van der Waals surface area contributed by atoms with Crippen LogP contribution in [0.1, 0.15) is 23.6 Å². The summed E-state index contributed by atoms with van der Waals surface area (Å²) in [6.07, 6.45) is 4.01. The van der Waals surface area contributed by atoms with Gasteiger partial charge in [-0.1, -0.05) is 0 Å². The van der Waals surface area contributed by atoms with Crippen LogP contribution in [-0.2, 0) is 6.42 Å². The topological polar surface area (TPSA) is 60.3 Å². The molecule has 1 atom stereocenters. The number of methoxy groups -OCH3 is 2. The molecule has 0 amide bonds. The first kappa shape index (κ1) is 10.5. The molecule has 4 heteroatoms. The van der Waals surface area contributed by atoms with Crippen LogP contribution in [0.15, 0.2) is 12.3 Å². The van der Waals surface area contributed by atoms with E-state index in [-0.39, 0.29) is 6.04 Å². The van der Waals surface area contributed by atoms with Gasteiger partial charge in [-0.2, -0.15) is 0 Å². The number of hydrogen-bond acceptors (Lipinski definition) is 3. The predicted molar refractivity (Wildman–Crippen MR) is 66.7 cm³/mol. The van der Waals surface area contributed by atoms with Crippen molar-refractivity contribution in [2.75, 3.05) is 14.2 Å². The molecule has 17 heavy (non-hydrogen) atoms. The quantitative estimate of drug-likeness (QED) is 0.833. The summed E-state index contributed by atoms with van der Waals surface area (Å²) in [5.41, 5.74) is 9.62. The molecule has 1 heterocycles. The number of hydrogen-bond donors (Lipinski definition) is 2. The van der Waals surface area contributed by atoms with E-state index in [4.69, 9.17) is 15.2 Å². The van der Waals surface area contributed by atoms with Gasteiger partial charge in [0.2, 0.25) is 0 Å². The van der Waals surface area contributed by atoms with Crippen molar-refractivity contribution in [2.45, 2.75) is 18.9 Å². The van der Waals surface area contributed by atoms with Gasteiger partial charge in [-0.15, -0.1) is 0 Å². The lowest BCUT2D eigenvalue weighted by atomic mass is 9.88. The van der Waals surface area contributed by atoms with E-state index < -0.39 is 0 Å². The van der Waals surface area contributed by atoms with E-state index in [9.17, 15) is 0 Å². The van der Waals surface area contributed by atoms with E-state index in [2.05, 4.69) is 4.98 Å². The number of ether oxygens (including phenoxy) is 2. The van der Waals surface area contributed by atoms with E-state index in [1.54, 1.807) is 14.2 Å². The molecule has 0 saturated carbocycles. The second-order valence-electron chi connectivity index (χ2n) is 4.40. The molecule has 0 spiro atoms. The standard InChI is InChI=1S/C13H16N2O2/c1-16-9-5-10(17-2)13-11-7(6-15-13)3-4-8(14)12(9)11/h5-6,8,15H,3-4,14H2,1-2H3. The monoisotopic (exact) mass is 232 g/mol. The maximum absolute atomic E-state index is 6.20. The first-order chi connectivity index (χ1) is 8.26. The van der Waals surface area contributed by atoms with Gasteiger partial charge in [-0.3, -0.25) is 0 Å². The predicted octanol–water partition coefficient (Wildman–Crippen LogP) is 2.13. The van der Waals surface area contributed by atoms with Gasteiger partial charge in [-0.25, -0.2) is 0 Å². The summed E-state index contributed by atoms with van der Waals surface area (Å²) >= 11 is 0. The Morgan fingerprint density at radius 3 is 2.76 bits per heavy atom. The van der Waals surface area contributed by atoms with Crippen LogP contribution in [0.25, 0.3) is 10.9 Å². The SMILES string of the molecule is COc1cc(OC)c2[nH]cc3c2c1C(N)CC3. The second-order valence-corrected chi connectivity index (χ2v) is 4.40. The van der Waals surface area contributed by atoms with Crippen molar-refractivity contribution in [3.8, 4) is 11.5 Å². The van der Waals surface area contributed by atoms with Gasteiger partial charge in [-0.05, 0) is 18.4 Å². The molecule has 0 aliphatic heterocycles.